The van der Waals surface area contributed by atoms with Gasteiger partial charge < -0.3 is 5.32 Å². The first-order valence-electron chi connectivity index (χ1n) is 5.60. The minimum Gasteiger partial charge on any atom is -0.305 e. The first-order valence-corrected chi connectivity index (χ1v) is 6.33. The van der Waals surface area contributed by atoms with Crippen LogP contribution in [0.5, 0.6) is 0 Å². The Hall–Kier alpha value is -1.40. The van der Waals surface area contributed by atoms with E-state index in [0.717, 1.165) is 11.7 Å². The second-order valence-electron chi connectivity index (χ2n) is 3.92. The number of hydrogen-bond donors (Lipinski definition) is 1. The smallest absolute Gasteiger partial charge is 0.164 e. The molecule has 1 aromatic carbocycles. The lowest BCUT2D eigenvalue weighted by Gasteiger charge is -2.17. The SMILES string of the molecule is CCNC(c1cnsn1)c1ccc(C)c(F)c1F. The summed E-state index contributed by atoms with van der Waals surface area (Å²) >= 11 is 1.05. The molecule has 1 N–H and O–H groups in total. The molecule has 0 radical (unpaired) electrons. The van der Waals surface area contributed by atoms with Crippen LogP contribution in [0.1, 0.15) is 29.8 Å². The van der Waals surface area contributed by atoms with Gasteiger partial charge in [0.15, 0.2) is 11.6 Å². The first-order chi connectivity index (χ1) is 8.65. The molecule has 96 valence electrons. The Balaban J connectivity index is 2.47. The monoisotopic (exact) mass is 269 g/mol. The second-order valence-corrected chi connectivity index (χ2v) is 4.48. The maximum absolute atomic E-state index is 14.0. The average Bonchev–Trinajstić information content (AvgIpc) is 2.88. The maximum atomic E-state index is 14.0. The zero-order chi connectivity index (χ0) is 13.1. The molecule has 1 heterocycles. The van der Waals surface area contributed by atoms with Crippen molar-refractivity contribution in [2.45, 2.75) is 19.9 Å². The molecule has 0 amide bonds. The summed E-state index contributed by atoms with van der Waals surface area (Å²) in [5.74, 6) is -1.63. The molecular formula is C12H13F2N3S. The largest absolute Gasteiger partial charge is 0.305 e. The number of nitrogens with one attached hydrogen (secondary N) is 1. The third kappa shape index (κ3) is 2.39. The van der Waals surface area contributed by atoms with Crippen LogP contribution < -0.4 is 5.32 Å². The van der Waals surface area contributed by atoms with Crippen molar-refractivity contribution in [3.63, 3.8) is 0 Å². The second kappa shape index (κ2) is 5.49. The highest BCUT2D eigenvalue weighted by Crippen LogP contribution is 2.26. The number of hydrogen-bond acceptors (Lipinski definition) is 4. The van der Waals surface area contributed by atoms with E-state index in [1.54, 1.807) is 18.3 Å². The van der Waals surface area contributed by atoms with Gasteiger partial charge in [-0.1, -0.05) is 19.1 Å². The highest BCUT2D eigenvalue weighted by molar-refractivity contribution is 6.99. The molecule has 0 aliphatic rings. The number of nitrogens with zero attached hydrogens (tertiary/aromatic N) is 2. The van der Waals surface area contributed by atoms with E-state index in [1.165, 1.54) is 6.92 Å². The van der Waals surface area contributed by atoms with Gasteiger partial charge in [0.25, 0.3) is 0 Å². The average molecular weight is 269 g/mol. The normalized spacial score (nSPS) is 12.7. The van der Waals surface area contributed by atoms with Crippen LogP contribution in [0.25, 0.3) is 0 Å². The quantitative estimate of drug-likeness (QED) is 0.927. The van der Waals surface area contributed by atoms with Gasteiger partial charge in [-0.15, -0.1) is 0 Å². The van der Waals surface area contributed by atoms with E-state index < -0.39 is 17.7 Å². The van der Waals surface area contributed by atoms with Crippen molar-refractivity contribution < 1.29 is 8.78 Å². The lowest BCUT2D eigenvalue weighted by Crippen LogP contribution is -2.23. The molecular weight excluding hydrogens is 256 g/mol. The Morgan fingerprint density at radius 2 is 2.11 bits per heavy atom. The van der Waals surface area contributed by atoms with Crippen molar-refractivity contribution in [1.29, 1.82) is 0 Å². The Kier molecular flexibility index (Phi) is 3.98. The van der Waals surface area contributed by atoms with Crippen LogP contribution in [0, 0.1) is 18.6 Å². The Morgan fingerprint density at radius 3 is 2.72 bits per heavy atom. The van der Waals surface area contributed by atoms with Gasteiger partial charge in [-0.25, -0.2) is 8.78 Å². The van der Waals surface area contributed by atoms with E-state index >= 15 is 0 Å². The molecule has 1 unspecified atom stereocenters. The van der Waals surface area contributed by atoms with Crippen LogP contribution >= 0.6 is 11.7 Å². The minimum atomic E-state index is -0.825. The topological polar surface area (TPSA) is 37.8 Å². The van der Waals surface area contributed by atoms with Crippen LogP contribution in [0.3, 0.4) is 0 Å². The van der Waals surface area contributed by atoms with Crippen molar-refractivity contribution in [2.75, 3.05) is 6.54 Å². The van der Waals surface area contributed by atoms with E-state index in [2.05, 4.69) is 14.1 Å². The summed E-state index contributed by atoms with van der Waals surface area (Å²) < 4.78 is 35.5. The summed E-state index contributed by atoms with van der Waals surface area (Å²) in [6.07, 6.45) is 1.56. The molecule has 0 aliphatic heterocycles. The van der Waals surface area contributed by atoms with E-state index in [4.69, 9.17) is 0 Å². The van der Waals surface area contributed by atoms with Gasteiger partial charge >= 0.3 is 0 Å². The fourth-order valence-electron chi connectivity index (χ4n) is 1.76. The summed E-state index contributed by atoms with van der Waals surface area (Å²) in [6.45, 7) is 4.06. The van der Waals surface area contributed by atoms with Crippen LogP contribution in [0.4, 0.5) is 8.78 Å². The van der Waals surface area contributed by atoms with Gasteiger partial charge in [0.1, 0.15) is 0 Å². The lowest BCUT2D eigenvalue weighted by atomic mass is 10.0. The van der Waals surface area contributed by atoms with Gasteiger partial charge in [0.05, 0.1) is 29.7 Å². The maximum Gasteiger partial charge on any atom is 0.164 e. The van der Waals surface area contributed by atoms with E-state index in [1.807, 2.05) is 6.92 Å². The fraction of sp³-hybridized carbons (Fsp3) is 0.333. The lowest BCUT2D eigenvalue weighted by molar-refractivity contribution is 0.477. The molecule has 0 aliphatic carbocycles. The zero-order valence-corrected chi connectivity index (χ0v) is 10.9. The van der Waals surface area contributed by atoms with Crippen molar-refractivity contribution >= 4 is 11.7 Å². The summed E-state index contributed by atoms with van der Waals surface area (Å²) in [4.78, 5) is 0. The standard InChI is InChI=1S/C12H13F2N3S/c1-3-15-12(9-6-16-18-17-9)8-5-4-7(2)10(13)11(8)14/h4-6,12,15H,3H2,1-2H3. The fourth-order valence-corrected chi connectivity index (χ4v) is 2.21. The molecule has 0 spiro atoms. The van der Waals surface area contributed by atoms with Gasteiger partial charge in [0, 0.05) is 5.56 Å². The molecule has 2 rings (SSSR count). The van der Waals surface area contributed by atoms with Crippen molar-refractivity contribution in [2.24, 2.45) is 0 Å². The van der Waals surface area contributed by atoms with Crippen LogP contribution in [0.2, 0.25) is 0 Å². The molecule has 6 heteroatoms. The van der Waals surface area contributed by atoms with E-state index in [-0.39, 0.29) is 5.56 Å². The summed E-state index contributed by atoms with van der Waals surface area (Å²) in [6, 6.07) is 2.68. The zero-order valence-electron chi connectivity index (χ0n) is 10.1. The van der Waals surface area contributed by atoms with E-state index in [9.17, 15) is 8.78 Å². The Bertz CT molecular complexity index is 528. The predicted octanol–water partition coefficient (Wildman–Crippen LogP) is 2.82. The van der Waals surface area contributed by atoms with Gasteiger partial charge in [0.2, 0.25) is 0 Å². The van der Waals surface area contributed by atoms with E-state index in [0.29, 0.717) is 17.8 Å². The summed E-state index contributed by atoms with van der Waals surface area (Å²) in [5.41, 5.74) is 1.15. The molecule has 3 nitrogen and oxygen atoms in total. The van der Waals surface area contributed by atoms with Gasteiger partial charge in [-0.05, 0) is 19.0 Å². The molecule has 0 fully saturated rings. The van der Waals surface area contributed by atoms with Crippen LogP contribution in [-0.4, -0.2) is 15.3 Å². The number of halogens is 2. The molecule has 18 heavy (non-hydrogen) atoms. The number of rotatable bonds is 4. The Morgan fingerprint density at radius 1 is 1.33 bits per heavy atom. The molecule has 2 aromatic rings. The molecule has 1 atom stereocenters. The third-order valence-corrected chi connectivity index (χ3v) is 3.19. The van der Waals surface area contributed by atoms with Gasteiger partial charge in [-0.3, -0.25) is 0 Å². The van der Waals surface area contributed by atoms with Crippen LogP contribution in [-0.2, 0) is 0 Å². The molecule has 0 saturated carbocycles. The molecule has 1 aromatic heterocycles. The minimum absolute atomic E-state index is 0.257. The number of aryl methyl sites for hydroxylation is 1. The van der Waals surface area contributed by atoms with Crippen molar-refractivity contribution in [1.82, 2.24) is 14.1 Å². The molecule has 0 saturated heterocycles. The van der Waals surface area contributed by atoms with Gasteiger partial charge in [-0.2, -0.15) is 8.75 Å². The van der Waals surface area contributed by atoms with Crippen molar-refractivity contribution in [3.8, 4) is 0 Å². The highest BCUT2D eigenvalue weighted by atomic mass is 32.1. The first kappa shape index (κ1) is 13.0. The van der Waals surface area contributed by atoms with Crippen molar-refractivity contribution in [3.05, 3.63) is 46.8 Å². The number of benzene rings is 1. The van der Waals surface area contributed by atoms with Crippen LogP contribution in [0.15, 0.2) is 18.3 Å². The summed E-state index contributed by atoms with van der Waals surface area (Å²) in [5, 5.41) is 3.09. The summed E-state index contributed by atoms with van der Waals surface area (Å²) in [7, 11) is 0. The third-order valence-electron chi connectivity index (χ3n) is 2.70. The molecule has 0 bridgehead atoms. The Labute approximate surface area is 108 Å². The predicted molar refractivity (Wildman–Crippen MR) is 66.5 cm³/mol. The number of aromatic nitrogens is 2. The highest BCUT2D eigenvalue weighted by Gasteiger charge is 2.22.